The number of halogens is 1. The van der Waals surface area contributed by atoms with Gasteiger partial charge in [-0.2, -0.15) is 5.10 Å². The number of benzene rings is 1. The summed E-state index contributed by atoms with van der Waals surface area (Å²) in [5.41, 5.74) is 2.02. The molecule has 1 aliphatic heterocycles. The van der Waals surface area contributed by atoms with Crippen molar-refractivity contribution in [3.63, 3.8) is 0 Å². The van der Waals surface area contributed by atoms with E-state index < -0.39 is 0 Å². The lowest BCUT2D eigenvalue weighted by molar-refractivity contribution is 0.122. The molecule has 0 N–H and O–H groups in total. The van der Waals surface area contributed by atoms with Crippen LogP contribution in [-0.4, -0.2) is 47.2 Å². The monoisotopic (exact) mass is 374 g/mol. The van der Waals surface area contributed by atoms with Gasteiger partial charge < -0.3 is 14.4 Å². The van der Waals surface area contributed by atoms with Gasteiger partial charge in [0.25, 0.3) is 0 Å². The average Bonchev–Trinajstić information content (AvgIpc) is 3.05. The first-order valence-electron chi connectivity index (χ1n) is 8.64. The van der Waals surface area contributed by atoms with Crippen LogP contribution in [0.5, 0.6) is 5.75 Å². The molecule has 0 radical (unpaired) electrons. The highest BCUT2D eigenvalue weighted by Gasteiger charge is 2.14. The van der Waals surface area contributed by atoms with Crippen molar-refractivity contribution < 1.29 is 9.47 Å². The van der Waals surface area contributed by atoms with Crippen molar-refractivity contribution in [1.82, 2.24) is 14.8 Å². The van der Waals surface area contributed by atoms with Gasteiger partial charge in [0, 0.05) is 36.8 Å². The molecule has 3 aromatic rings. The predicted molar refractivity (Wildman–Crippen MR) is 105 cm³/mol. The van der Waals surface area contributed by atoms with E-state index in [-0.39, 0.29) is 18.5 Å². The first-order chi connectivity index (χ1) is 12.2. The third kappa shape index (κ3) is 3.76. The molecule has 26 heavy (non-hydrogen) atoms. The maximum atomic E-state index is 5.83. The Morgan fingerprint density at radius 1 is 1.12 bits per heavy atom. The first kappa shape index (κ1) is 18.5. The summed E-state index contributed by atoms with van der Waals surface area (Å²) >= 11 is 0. The lowest BCUT2D eigenvalue weighted by Crippen LogP contribution is -2.36. The van der Waals surface area contributed by atoms with E-state index >= 15 is 0 Å². The molecule has 6 nitrogen and oxygen atoms in total. The van der Waals surface area contributed by atoms with E-state index in [1.807, 2.05) is 55.2 Å². The Hall–Kier alpha value is -2.31. The minimum atomic E-state index is 0. The van der Waals surface area contributed by atoms with E-state index in [1.54, 1.807) is 0 Å². The summed E-state index contributed by atoms with van der Waals surface area (Å²) in [4.78, 5) is 6.76. The molecule has 3 heterocycles. The van der Waals surface area contributed by atoms with Crippen molar-refractivity contribution in [2.75, 3.05) is 31.2 Å². The zero-order chi connectivity index (χ0) is 17.2. The number of pyridine rings is 1. The number of anilines is 1. The molecule has 138 valence electrons. The van der Waals surface area contributed by atoms with Gasteiger partial charge in [-0.15, -0.1) is 12.4 Å². The maximum absolute atomic E-state index is 5.83. The SMILES string of the molecule is CC(C)Oc1ccc2cnn(-c3ccnc(N4CCOCC4)c3)c2c1.Cl. The standard InChI is InChI=1S/C19H22N4O2.ClH/c1-14(2)25-17-4-3-15-13-21-23(18(15)12-17)16-5-6-20-19(11-16)22-7-9-24-10-8-22;/h3-6,11-14H,7-10H2,1-2H3;1H. The second-order valence-electron chi connectivity index (χ2n) is 6.42. The highest BCUT2D eigenvalue weighted by atomic mass is 35.5. The van der Waals surface area contributed by atoms with Crippen LogP contribution >= 0.6 is 12.4 Å². The van der Waals surface area contributed by atoms with Gasteiger partial charge in [0.1, 0.15) is 11.6 Å². The zero-order valence-electron chi connectivity index (χ0n) is 15.0. The maximum Gasteiger partial charge on any atom is 0.130 e. The van der Waals surface area contributed by atoms with Crippen molar-refractivity contribution in [3.05, 3.63) is 42.7 Å². The van der Waals surface area contributed by atoms with Gasteiger partial charge in [-0.25, -0.2) is 9.67 Å². The molecule has 2 aromatic heterocycles. The molecule has 0 atom stereocenters. The highest BCUT2D eigenvalue weighted by Crippen LogP contribution is 2.25. The van der Waals surface area contributed by atoms with Crippen LogP contribution < -0.4 is 9.64 Å². The van der Waals surface area contributed by atoms with Gasteiger partial charge in [-0.3, -0.25) is 0 Å². The summed E-state index contributed by atoms with van der Waals surface area (Å²) in [5.74, 6) is 1.81. The van der Waals surface area contributed by atoms with Gasteiger partial charge in [0.2, 0.25) is 0 Å². The van der Waals surface area contributed by atoms with E-state index in [0.717, 1.165) is 54.5 Å². The third-order valence-electron chi connectivity index (χ3n) is 4.22. The molecule has 0 spiro atoms. The fourth-order valence-corrected chi connectivity index (χ4v) is 3.05. The van der Waals surface area contributed by atoms with E-state index in [9.17, 15) is 0 Å². The Morgan fingerprint density at radius 2 is 1.92 bits per heavy atom. The van der Waals surface area contributed by atoms with Gasteiger partial charge >= 0.3 is 0 Å². The van der Waals surface area contributed by atoms with Gasteiger partial charge in [-0.1, -0.05) is 0 Å². The van der Waals surface area contributed by atoms with Crippen LogP contribution in [-0.2, 0) is 4.74 Å². The fourth-order valence-electron chi connectivity index (χ4n) is 3.05. The van der Waals surface area contributed by atoms with Gasteiger partial charge in [-0.05, 0) is 32.0 Å². The summed E-state index contributed by atoms with van der Waals surface area (Å²) in [6, 6.07) is 10.1. The lowest BCUT2D eigenvalue weighted by Gasteiger charge is -2.28. The number of hydrogen-bond donors (Lipinski definition) is 0. The van der Waals surface area contributed by atoms with E-state index in [4.69, 9.17) is 9.47 Å². The van der Waals surface area contributed by atoms with E-state index in [1.165, 1.54) is 0 Å². The second kappa shape index (κ2) is 7.93. The molecule has 0 bridgehead atoms. The normalized spacial score (nSPS) is 14.5. The Balaban J connectivity index is 0.00000196. The average molecular weight is 375 g/mol. The number of nitrogens with zero attached hydrogens (tertiary/aromatic N) is 4. The molecule has 0 amide bonds. The number of hydrogen-bond acceptors (Lipinski definition) is 5. The van der Waals surface area contributed by atoms with E-state index in [0.29, 0.717) is 0 Å². The smallest absolute Gasteiger partial charge is 0.130 e. The summed E-state index contributed by atoms with van der Waals surface area (Å²) in [5, 5.41) is 5.65. The predicted octanol–water partition coefficient (Wildman–Crippen LogP) is 3.47. The van der Waals surface area contributed by atoms with Crippen LogP contribution in [0.25, 0.3) is 16.6 Å². The Labute approximate surface area is 159 Å². The molecule has 7 heteroatoms. The molecule has 0 saturated carbocycles. The largest absolute Gasteiger partial charge is 0.491 e. The second-order valence-corrected chi connectivity index (χ2v) is 6.42. The number of fused-ring (bicyclic) bond motifs is 1. The molecular weight excluding hydrogens is 352 g/mol. The van der Waals surface area contributed by atoms with Crippen LogP contribution in [0.1, 0.15) is 13.8 Å². The van der Waals surface area contributed by atoms with Crippen LogP contribution in [0.15, 0.2) is 42.7 Å². The fraction of sp³-hybridized carbons (Fsp3) is 0.368. The molecule has 0 aliphatic carbocycles. The minimum absolute atomic E-state index is 0. The van der Waals surface area contributed by atoms with Crippen LogP contribution in [0.3, 0.4) is 0 Å². The number of rotatable bonds is 4. The summed E-state index contributed by atoms with van der Waals surface area (Å²) in [6.07, 6.45) is 3.86. The van der Waals surface area contributed by atoms with Gasteiger partial charge in [0.15, 0.2) is 0 Å². The number of aromatic nitrogens is 3. The molecule has 1 fully saturated rings. The van der Waals surface area contributed by atoms with E-state index in [2.05, 4.69) is 21.0 Å². The first-order valence-corrected chi connectivity index (χ1v) is 8.64. The summed E-state index contributed by atoms with van der Waals surface area (Å²) in [7, 11) is 0. The molecule has 0 unspecified atom stereocenters. The van der Waals surface area contributed by atoms with Crippen LogP contribution in [0.2, 0.25) is 0 Å². The van der Waals surface area contributed by atoms with Crippen molar-refractivity contribution in [2.24, 2.45) is 0 Å². The van der Waals surface area contributed by atoms with Crippen molar-refractivity contribution in [2.45, 2.75) is 20.0 Å². The van der Waals surface area contributed by atoms with Crippen LogP contribution in [0.4, 0.5) is 5.82 Å². The Kier molecular flexibility index (Phi) is 5.64. The van der Waals surface area contributed by atoms with Crippen LogP contribution in [0, 0.1) is 0 Å². The highest BCUT2D eigenvalue weighted by molar-refractivity contribution is 5.85. The third-order valence-corrected chi connectivity index (χ3v) is 4.22. The quantitative estimate of drug-likeness (QED) is 0.700. The lowest BCUT2D eigenvalue weighted by atomic mass is 10.2. The number of morpholine rings is 1. The number of ether oxygens (including phenoxy) is 2. The molecule has 1 saturated heterocycles. The molecule has 1 aromatic carbocycles. The molecule has 1 aliphatic rings. The Morgan fingerprint density at radius 3 is 2.69 bits per heavy atom. The topological polar surface area (TPSA) is 52.4 Å². The summed E-state index contributed by atoms with van der Waals surface area (Å²) in [6.45, 7) is 7.27. The Bertz CT molecular complexity index is 875. The van der Waals surface area contributed by atoms with Gasteiger partial charge in [0.05, 0.1) is 36.7 Å². The molecular formula is C19H23ClN4O2. The van der Waals surface area contributed by atoms with Crippen molar-refractivity contribution >= 4 is 29.1 Å². The zero-order valence-corrected chi connectivity index (χ0v) is 15.8. The summed E-state index contributed by atoms with van der Waals surface area (Å²) < 4.78 is 13.2. The van der Waals surface area contributed by atoms with Crippen molar-refractivity contribution in [3.8, 4) is 11.4 Å². The molecule has 4 rings (SSSR count). The minimum Gasteiger partial charge on any atom is -0.491 e. The van der Waals surface area contributed by atoms with Crippen molar-refractivity contribution in [1.29, 1.82) is 0 Å².